The number of carbonyl (C=O) groups is 2. The number of fused-ring (bicyclic) bond motifs is 1. The zero-order valence-electron chi connectivity index (χ0n) is 13.1. The van der Waals surface area contributed by atoms with Crippen LogP contribution in [-0.4, -0.2) is 19.0 Å². The van der Waals surface area contributed by atoms with E-state index in [-0.39, 0.29) is 11.9 Å². The van der Waals surface area contributed by atoms with Crippen LogP contribution in [0.1, 0.15) is 43.8 Å². The molecule has 2 heterocycles. The number of halogens is 2. The van der Waals surface area contributed by atoms with Gasteiger partial charge in [0.1, 0.15) is 5.00 Å². The molecule has 2 aromatic heterocycles. The zero-order chi connectivity index (χ0) is 17.4. The lowest BCUT2D eigenvalue weighted by molar-refractivity contribution is 0.0601. The number of hydrogen-bond acceptors (Lipinski definition) is 5. The summed E-state index contributed by atoms with van der Waals surface area (Å²) < 4.78 is 6.64. The molecule has 1 aliphatic rings. The smallest absolute Gasteiger partial charge is 0.341 e. The van der Waals surface area contributed by atoms with Crippen LogP contribution in [0.5, 0.6) is 0 Å². The summed E-state index contributed by atoms with van der Waals surface area (Å²) in [4.78, 5) is 26.5. The minimum Gasteiger partial charge on any atom is -0.465 e. The van der Waals surface area contributed by atoms with Crippen molar-refractivity contribution in [1.29, 1.82) is 0 Å². The van der Waals surface area contributed by atoms with Gasteiger partial charge in [0.15, 0.2) is 0 Å². The predicted molar refractivity (Wildman–Crippen MR) is 105 cm³/mol. The molecule has 128 valence electrons. The summed E-state index contributed by atoms with van der Waals surface area (Å²) in [5, 5.41) is 3.49. The number of esters is 1. The number of methoxy groups -OCH3 is 1. The second-order valence-corrected chi connectivity index (χ2v) is 10.1. The molecule has 0 saturated carbocycles. The highest BCUT2D eigenvalue weighted by Crippen LogP contribution is 2.40. The first kappa shape index (κ1) is 18.1. The van der Waals surface area contributed by atoms with E-state index in [1.165, 1.54) is 34.7 Å². The predicted octanol–water partition coefficient (Wildman–Crippen LogP) is 5.50. The fourth-order valence-corrected chi connectivity index (χ4v) is 6.10. The Bertz CT molecular complexity index is 793. The topological polar surface area (TPSA) is 55.4 Å². The molecule has 0 bridgehead atoms. The Labute approximate surface area is 164 Å². The van der Waals surface area contributed by atoms with Crippen LogP contribution in [-0.2, 0) is 17.6 Å². The third-order valence-electron chi connectivity index (χ3n) is 4.00. The summed E-state index contributed by atoms with van der Waals surface area (Å²) in [6, 6.07) is 1.76. The lowest BCUT2D eigenvalue weighted by Gasteiger charge is -2.18. The molecule has 1 amide bonds. The second kappa shape index (κ2) is 7.27. The largest absolute Gasteiger partial charge is 0.465 e. The van der Waals surface area contributed by atoms with Gasteiger partial charge < -0.3 is 10.1 Å². The third kappa shape index (κ3) is 3.47. The Morgan fingerprint density at radius 1 is 1.33 bits per heavy atom. The molecule has 0 radical (unpaired) electrons. The maximum absolute atomic E-state index is 12.5. The Morgan fingerprint density at radius 3 is 2.71 bits per heavy atom. The molecular formula is C16H15Br2NO3S2. The first-order valence-electron chi connectivity index (χ1n) is 7.39. The highest BCUT2D eigenvalue weighted by Gasteiger charge is 2.29. The Hall–Kier alpha value is -0.700. The maximum Gasteiger partial charge on any atom is 0.341 e. The van der Waals surface area contributed by atoms with Crippen LogP contribution >= 0.6 is 54.5 Å². The Balaban J connectivity index is 1.95. The van der Waals surface area contributed by atoms with E-state index >= 15 is 0 Å². The highest BCUT2D eigenvalue weighted by atomic mass is 79.9. The summed E-state index contributed by atoms with van der Waals surface area (Å²) in [5.74, 6) is -0.0107. The fraction of sp³-hybridized carbons (Fsp3) is 0.375. The molecule has 0 fully saturated rings. The molecule has 3 rings (SSSR count). The molecular weight excluding hydrogens is 478 g/mol. The van der Waals surface area contributed by atoms with E-state index in [0.29, 0.717) is 21.4 Å². The van der Waals surface area contributed by atoms with Crippen molar-refractivity contribution >= 4 is 71.4 Å². The monoisotopic (exact) mass is 491 g/mol. The Morgan fingerprint density at radius 2 is 2.08 bits per heavy atom. The van der Waals surface area contributed by atoms with Crippen molar-refractivity contribution in [3.8, 4) is 0 Å². The van der Waals surface area contributed by atoms with Gasteiger partial charge in [-0.1, -0.05) is 6.92 Å². The molecule has 2 aromatic rings. The molecule has 4 nitrogen and oxygen atoms in total. The summed E-state index contributed by atoms with van der Waals surface area (Å²) >= 11 is 9.61. The highest BCUT2D eigenvalue weighted by molar-refractivity contribution is 9.13. The first-order chi connectivity index (χ1) is 11.4. The fourth-order valence-electron chi connectivity index (χ4n) is 2.78. The van der Waals surface area contributed by atoms with E-state index < -0.39 is 0 Å². The van der Waals surface area contributed by atoms with Gasteiger partial charge in [-0.25, -0.2) is 4.79 Å². The average Bonchev–Trinajstić information content (AvgIpc) is 3.06. The van der Waals surface area contributed by atoms with Crippen LogP contribution in [0.25, 0.3) is 0 Å². The number of thiophene rings is 2. The van der Waals surface area contributed by atoms with E-state index in [0.717, 1.165) is 33.1 Å². The van der Waals surface area contributed by atoms with Crippen LogP contribution in [0.4, 0.5) is 5.00 Å². The van der Waals surface area contributed by atoms with Crippen LogP contribution in [0.3, 0.4) is 0 Å². The van der Waals surface area contributed by atoms with Gasteiger partial charge in [0, 0.05) is 9.35 Å². The van der Waals surface area contributed by atoms with E-state index in [1.807, 2.05) is 0 Å². The van der Waals surface area contributed by atoms with Gasteiger partial charge in [-0.2, -0.15) is 0 Å². The van der Waals surface area contributed by atoms with E-state index in [1.54, 1.807) is 6.07 Å². The van der Waals surface area contributed by atoms with Gasteiger partial charge in [-0.05, 0) is 68.7 Å². The molecule has 1 aliphatic carbocycles. The summed E-state index contributed by atoms with van der Waals surface area (Å²) in [6.07, 6.45) is 2.84. The van der Waals surface area contributed by atoms with E-state index in [4.69, 9.17) is 4.74 Å². The van der Waals surface area contributed by atoms with Gasteiger partial charge in [-0.15, -0.1) is 22.7 Å². The van der Waals surface area contributed by atoms with Crippen molar-refractivity contribution in [1.82, 2.24) is 0 Å². The van der Waals surface area contributed by atoms with Crippen LogP contribution < -0.4 is 5.32 Å². The molecule has 8 heteroatoms. The molecule has 1 atom stereocenters. The average molecular weight is 493 g/mol. The van der Waals surface area contributed by atoms with Crippen LogP contribution in [0.15, 0.2) is 14.3 Å². The van der Waals surface area contributed by atoms with Gasteiger partial charge in [-0.3, -0.25) is 4.79 Å². The lowest BCUT2D eigenvalue weighted by atomic mass is 9.88. The number of ether oxygens (including phenoxy) is 1. The van der Waals surface area contributed by atoms with E-state index in [9.17, 15) is 9.59 Å². The molecule has 24 heavy (non-hydrogen) atoms. The molecule has 1 unspecified atom stereocenters. The molecule has 0 saturated heterocycles. The van der Waals surface area contributed by atoms with Gasteiger partial charge >= 0.3 is 5.97 Å². The maximum atomic E-state index is 12.5. The van der Waals surface area contributed by atoms with Crippen molar-refractivity contribution < 1.29 is 14.3 Å². The number of carbonyl (C=O) groups excluding carboxylic acids is 2. The standard InChI is InChI=1S/C16H15Br2NO3S2/c1-7-3-4-8-10(5-7)24-15(12(8)16(21)22-2)19-14(20)11-6-9(17)13(18)23-11/h6-7H,3-5H2,1-2H3,(H,19,20). The van der Waals surface area contributed by atoms with Crippen molar-refractivity contribution in [2.45, 2.75) is 26.2 Å². The van der Waals surface area contributed by atoms with E-state index in [2.05, 4.69) is 44.1 Å². The van der Waals surface area contributed by atoms with Gasteiger partial charge in [0.05, 0.1) is 21.3 Å². The second-order valence-electron chi connectivity index (χ2n) is 5.73. The summed E-state index contributed by atoms with van der Waals surface area (Å²) in [6.45, 7) is 2.21. The minimum absolute atomic E-state index is 0.219. The Kier molecular flexibility index (Phi) is 5.48. The van der Waals surface area contributed by atoms with Gasteiger partial charge in [0.2, 0.25) is 0 Å². The number of nitrogens with one attached hydrogen (secondary N) is 1. The summed E-state index contributed by atoms with van der Waals surface area (Å²) in [7, 11) is 1.37. The SMILES string of the molecule is COC(=O)c1c(NC(=O)c2cc(Br)c(Br)s2)sc2c1CCC(C)C2. The van der Waals surface area contributed by atoms with Crippen molar-refractivity contribution in [3.63, 3.8) is 0 Å². The number of hydrogen-bond donors (Lipinski definition) is 1. The van der Waals surface area contributed by atoms with Crippen molar-refractivity contribution in [2.24, 2.45) is 5.92 Å². The van der Waals surface area contributed by atoms with Gasteiger partial charge in [0.25, 0.3) is 5.91 Å². The molecule has 1 N–H and O–H groups in total. The quantitative estimate of drug-likeness (QED) is 0.575. The number of anilines is 1. The molecule has 0 aliphatic heterocycles. The minimum atomic E-state index is -0.383. The van der Waals surface area contributed by atoms with Crippen LogP contribution in [0, 0.1) is 5.92 Å². The number of amides is 1. The lowest BCUT2D eigenvalue weighted by Crippen LogP contribution is -2.15. The third-order valence-corrected chi connectivity index (χ3v) is 8.42. The van der Waals surface area contributed by atoms with Crippen molar-refractivity contribution in [2.75, 3.05) is 12.4 Å². The zero-order valence-corrected chi connectivity index (χ0v) is 17.9. The van der Waals surface area contributed by atoms with Crippen LogP contribution in [0.2, 0.25) is 0 Å². The number of rotatable bonds is 3. The molecule has 0 aromatic carbocycles. The van der Waals surface area contributed by atoms with Crippen molar-refractivity contribution in [3.05, 3.63) is 35.2 Å². The first-order valence-corrected chi connectivity index (χ1v) is 10.6. The molecule has 0 spiro atoms. The normalized spacial score (nSPS) is 16.6. The summed E-state index contributed by atoms with van der Waals surface area (Å²) in [5.41, 5.74) is 1.56.